The summed E-state index contributed by atoms with van der Waals surface area (Å²) in [5, 5.41) is 3.68. The van der Waals surface area contributed by atoms with E-state index in [1.165, 1.54) is 16.8 Å². The van der Waals surface area contributed by atoms with Crippen molar-refractivity contribution in [1.29, 1.82) is 0 Å². The fourth-order valence-electron chi connectivity index (χ4n) is 4.66. The highest BCUT2D eigenvalue weighted by molar-refractivity contribution is 5.98. The molecule has 0 aromatic heterocycles. The summed E-state index contributed by atoms with van der Waals surface area (Å²) in [5.74, 6) is 2.60. The van der Waals surface area contributed by atoms with Crippen molar-refractivity contribution in [2.45, 2.75) is 24.7 Å². The predicted octanol–water partition coefficient (Wildman–Crippen LogP) is 3.10. The summed E-state index contributed by atoms with van der Waals surface area (Å²) in [6.07, 6.45) is 2.98. The van der Waals surface area contributed by atoms with Gasteiger partial charge in [0.15, 0.2) is 17.5 Å². The summed E-state index contributed by atoms with van der Waals surface area (Å²) < 4.78 is 16.8. The number of nitrogens with zero attached hydrogens (tertiary/aromatic N) is 2. The van der Waals surface area contributed by atoms with Gasteiger partial charge in [-0.1, -0.05) is 24.3 Å². The summed E-state index contributed by atoms with van der Waals surface area (Å²) in [6, 6.07) is 14.9. The number of guanidine groups is 1. The van der Waals surface area contributed by atoms with E-state index in [1.54, 1.807) is 0 Å². The first-order valence-corrected chi connectivity index (χ1v) is 10.3. The molecule has 0 bridgehead atoms. The minimum atomic E-state index is -0.0194. The smallest absolute Gasteiger partial charge is 0.231 e. The van der Waals surface area contributed by atoms with Crippen molar-refractivity contribution in [2.75, 3.05) is 45.0 Å². The van der Waals surface area contributed by atoms with Gasteiger partial charge < -0.3 is 24.4 Å². The van der Waals surface area contributed by atoms with Crippen LogP contribution in [-0.2, 0) is 16.6 Å². The number of hydrogen-bond acceptors (Lipinski definition) is 4. The third kappa shape index (κ3) is 3.31. The van der Waals surface area contributed by atoms with E-state index < -0.39 is 0 Å². The van der Waals surface area contributed by atoms with E-state index in [1.807, 2.05) is 13.1 Å². The lowest BCUT2D eigenvalue weighted by Crippen LogP contribution is -2.49. The molecular formula is C23H27N3O3. The van der Waals surface area contributed by atoms with Gasteiger partial charge in [-0.05, 0) is 48.6 Å². The van der Waals surface area contributed by atoms with Crippen LogP contribution in [-0.4, -0.2) is 46.1 Å². The van der Waals surface area contributed by atoms with Crippen LogP contribution >= 0.6 is 0 Å². The van der Waals surface area contributed by atoms with Crippen molar-refractivity contribution in [2.24, 2.45) is 4.99 Å². The lowest BCUT2D eigenvalue weighted by molar-refractivity contribution is 0.0513. The number of aliphatic imine (C=N–C) groups is 1. The average Bonchev–Trinajstić information content (AvgIpc) is 3.42. The molecule has 0 amide bonds. The molecule has 3 heterocycles. The van der Waals surface area contributed by atoms with Crippen LogP contribution in [0, 0.1) is 0 Å². The number of anilines is 1. The standard InChI is InChI=1S/C23H27N3O3/c1-24-22(26-11-8-17-4-2-3-5-19(17)26)25-15-23(9-12-27-13-10-23)18-6-7-20-21(14-18)29-16-28-20/h2-7,14H,8-13,15-16H2,1H3,(H,24,25). The molecule has 0 aliphatic carbocycles. The Kier molecular flexibility index (Phi) is 4.79. The molecule has 2 aromatic rings. The van der Waals surface area contributed by atoms with Crippen LogP contribution in [0.15, 0.2) is 47.5 Å². The van der Waals surface area contributed by atoms with Crippen LogP contribution in [0.3, 0.4) is 0 Å². The van der Waals surface area contributed by atoms with Gasteiger partial charge in [0.05, 0.1) is 0 Å². The largest absolute Gasteiger partial charge is 0.454 e. The maximum absolute atomic E-state index is 5.69. The molecule has 0 saturated carbocycles. The second kappa shape index (κ2) is 7.59. The molecule has 29 heavy (non-hydrogen) atoms. The van der Waals surface area contributed by atoms with Crippen molar-refractivity contribution < 1.29 is 14.2 Å². The summed E-state index contributed by atoms with van der Waals surface area (Å²) >= 11 is 0. The molecule has 152 valence electrons. The normalized spacial score (nSPS) is 19.9. The minimum absolute atomic E-state index is 0.0194. The van der Waals surface area contributed by atoms with Crippen LogP contribution < -0.4 is 19.7 Å². The van der Waals surface area contributed by atoms with Gasteiger partial charge in [0.1, 0.15) is 0 Å². The van der Waals surface area contributed by atoms with Gasteiger partial charge in [0.25, 0.3) is 0 Å². The van der Waals surface area contributed by atoms with E-state index in [2.05, 4.69) is 51.6 Å². The second-order valence-electron chi connectivity index (χ2n) is 7.89. The molecule has 5 rings (SSSR count). The van der Waals surface area contributed by atoms with E-state index in [0.29, 0.717) is 6.79 Å². The lowest BCUT2D eigenvalue weighted by atomic mass is 9.74. The van der Waals surface area contributed by atoms with Crippen LogP contribution in [0.2, 0.25) is 0 Å². The Bertz CT molecular complexity index is 921. The molecule has 0 radical (unpaired) electrons. The quantitative estimate of drug-likeness (QED) is 0.642. The number of benzene rings is 2. The molecule has 0 atom stereocenters. The van der Waals surface area contributed by atoms with E-state index >= 15 is 0 Å². The first kappa shape index (κ1) is 18.3. The minimum Gasteiger partial charge on any atom is -0.454 e. The van der Waals surface area contributed by atoms with E-state index in [-0.39, 0.29) is 5.41 Å². The molecule has 2 aromatic carbocycles. The number of nitrogens with one attached hydrogen (secondary N) is 1. The number of fused-ring (bicyclic) bond motifs is 2. The van der Waals surface area contributed by atoms with Crippen molar-refractivity contribution in [3.8, 4) is 11.5 Å². The Morgan fingerprint density at radius 2 is 1.93 bits per heavy atom. The van der Waals surface area contributed by atoms with Gasteiger partial charge in [-0.2, -0.15) is 0 Å². The average molecular weight is 393 g/mol. The highest BCUT2D eigenvalue weighted by atomic mass is 16.7. The zero-order valence-electron chi connectivity index (χ0n) is 16.8. The van der Waals surface area contributed by atoms with Gasteiger partial charge in [-0.25, -0.2) is 0 Å². The van der Waals surface area contributed by atoms with Gasteiger partial charge in [-0.3, -0.25) is 4.99 Å². The van der Waals surface area contributed by atoms with Gasteiger partial charge in [-0.15, -0.1) is 0 Å². The number of hydrogen-bond donors (Lipinski definition) is 1. The summed E-state index contributed by atoms with van der Waals surface area (Å²) in [6.45, 7) is 3.59. The molecule has 1 N–H and O–H groups in total. The zero-order chi connectivity index (χ0) is 19.7. The summed E-state index contributed by atoms with van der Waals surface area (Å²) in [5.41, 5.74) is 3.89. The number of ether oxygens (including phenoxy) is 3. The van der Waals surface area contributed by atoms with Crippen LogP contribution in [0.4, 0.5) is 5.69 Å². The van der Waals surface area contributed by atoms with Crippen LogP contribution in [0.5, 0.6) is 11.5 Å². The zero-order valence-corrected chi connectivity index (χ0v) is 16.8. The second-order valence-corrected chi connectivity index (χ2v) is 7.89. The molecule has 1 saturated heterocycles. The molecule has 3 aliphatic heterocycles. The SMILES string of the molecule is CN=C(NCC1(c2ccc3c(c2)OCO3)CCOCC1)N1CCc2ccccc21. The Morgan fingerprint density at radius 3 is 2.79 bits per heavy atom. The van der Waals surface area contributed by atoms with Crippen molar-refractivity contribution >= 4 is 11.6 Å². The Hall–Kier alpha value is -2.73. The Morgan fingerprint density at radius 1 is 1.10 bits per heavy atom. The van der Waals surface area contributed by atoms with Gasteiger partial charge in [0, 0.05) is 44.5 Å². The third-order valence-electron chi connectivity index (χ3n) is 6.37. The monoisotopic (exact) mass is 393 g/mol. The first-order valence-electron chi connectivity index (χ1n) is 10.3. The summed E-state index contributed by atoms with van der Waals surface area (Å²) in [7, 11) is 1.86. The Labute approximate surface area is 171 Å². The van der Waals surface area contributed by atoms with Crippen molar-refractivity contribution in [3.05, 3.63) is 53.6 Å². The molecule has 6 nitrogen and oxygen atoms in total. The maximum Gasteiger partial charge on any atom is 0.231 e. The number of rotatable bonds is 3. The van der Waals surface area contributed by atoms with E-state index in [0.717, 1.165) is 63.0 Å². The molecular weight excluding hydrogens is 366 g/mol. The topological polar surface area (TPSA) is 55.3 Å². The van der Waals surface area contributed by atoms with Gasteiger partial charge in [0.2, 0.25) is 6.79 Å². The highest BCUT2D eigenvalue weighted by Crippen LogP contribution is 2.40. The molecule has 6 heteroatoms. The molecule has 0 spiro atoms. The van der Waals surface area contributed by atoms with Crippen LogP contribution in [0.25, 0.3) is 0 Å². The lowest BCUT2D eigenvalue weighted by Gasteiger charge is -2.39. The first-order chi connectivity index (χ1) is 14.3. The third-order valence-corrected chi connectivity index (χ3v) is 6.37. The van der Waals surface area contributed by atoms with Crippen molar-refractivity contribution in [1.82, 2.24) is 5.32 Å². The van der Waals surface area contributed by atoms with E-state index in [4.69, 9.17) is 14.2 Å². The molecule has 3 aliphatic rings. The van der Waals surface area contributed by atoms with Gasteiger partial charge >= 0.3 is 0 Å². The predicted molar refractivity (Wildman–Crippen MR) is 113 cm³/mol. The highest BCUT2D eigenvalue weighted by Gasteiger charge is 2.36. The number of para-hydroxylation sites is 1. The fraction of sp³-hybridized carbons (Fsp3) is 0.435. The maximum atomic E-state index is 5.69. The van der Waals surface area contributed by atoms with Crippen LogP contribution in [0.1, 0.15) is 24.0 Å². The fourth-order valence-corrected chi connectivity index (χ4v) is 4.66. The molecule has 1 fully saturated rings. The van der Waals surface area contributed by atoms with Crippen molar-refractivity contribution in [3.63, 3.8) is 0 Å². The van der Waals surface area contributed by atoms with E-state index in [9.17, 15) is 0 Å². The Balaban J connectivity index is 1.39. The summed E-state index contributed by atoms with van der Waals surface area (Å²) in [4.78, 5) is 6.89. The molecule has 0 unspecified atom stereocenters.